The number of methoxy groups -OCH3 is 1. The normalized spacial score (nSPS) is 17.8. The van der Waals surface area contributed by atoms with Crippen LogP contribution in [0.1, 0.15) is 28.7 Å². The molecule has 0 N–H and O–H groups in total. The van der Waals surface area contributed by atoms with Gasteiger partial charge in [0.05, 0.1) is 7.11 Å². The quantitative estimate of drug-likeness (QED) is 0.792. The van der Waals surface area contributed by atoms with Crippen LogP contribution in [0, 0.1) is 20.8 Å². The molecule has 1 unspecified atom stereocenters. The Balaban J connectivity index is 2.47. The molecular formula is C14H19BrO2. The summed E-state index contributed by atoms with van der Waals surface area (Å²) in [4.78, 5) is 0. The Morgan fingerprint density at radius 3 is 2.53 bits per heavy atom. The summed E-state index contributed by atoms with van der Waals surface area (Å²) in [6.07, 6.45) is 2.37. The first kappa shape index (κ1) is 12.7. The number of alkyl halides is 1. The van der Waals surface area contributed by atoms with E-state index in [1.54, 1.807) is 7.11 Å². The van der Waals surface area contributed by atoms with Crippen LogP contribution < -0.4 is 9.47 Å². The first-order chi connectivity index (χ1) is 8.10. The monoisotopic (exact) mass is 298 g/mol. The van der Waals surface area contributed by atoms with Gasteiger partial charge in [-0.05, 0) is 43.9 Å². The minimum Gasteiger partial charge on any atom is -0.496 e. The van der Waals surface area contributed by atoms with Crippen LogP contribution in [0.15, 0.2) is 0 Å². The highest BCUT2D eigenvalue weighted by Gasteiger charge is 2.28. The fraction of sp³-hybridized carbons (Fsp3) is 0.571. The highest BCUT2D eigenvalue weighted by Crippen LogP contribution is 2.42. The molecule has 0 radical (unpaired) electrons. The van der Waals surface area contributed by atoms with Gasteiger partial charge in [0.25, 0.3) is 0 Å². The van der Waals surface area contributed by atoms with Gasteiger partial charge in [0.1, 0.15) is 17.6 Å². The van der Waals surface area contributed by atoms with Crippen molar-refractivity contribution < 1.29 is 9.47 Å². The van der Waals surface area contributed by atoms with Gasteiger partial charge in [-0.15, -0.1) is 0 Å². The van der Waals surface area contributed by atoms with E-state index in [1.807, 2.05) is 0 Å². The number of benzene rings is 1. The molecule has 94 valence electrons. The molecule has 17 heavy (non-hydrogen) atoms. The molecule has 1 atom stereocenters. The second-order valence-corrected chi connectivity index (χ2v) is 5.43. The lowest BCUT2D eigenvalue weighted by Crippen LogP contribution is -2.13. The van der Waals surface area contributed by atoms with Crippen molar-refractivity contribution in [2.75, 3.05) is 12.4 Å². The average molecular weight is 299 g/mol. The molecule has 0 saturated carbocycles. The van der Waals surface area contributed by atoms with E-state index < -0.39 is 0 Å². The molecule has 0 amide bonds. The van der Waals surface area contributed by atoms with Crippen LogP contribution in [0.3, 0.4) is 0 Å². The zero-order valence-corrected chi connectivity index (χ0v) is 12.5. The van der Waals surface area contributed by atoms with Crippen molar-refractivity contribution in [3.8, 4) is 11.5 Å². The van der Waals surface area contributed by atoms with Crippen molar-refractivity contribution in [2.24, 2.45) is 0 Å². The van der Waals surface area contributed by atoms with Crippen LogP contribution in [-0.4, -0.2) is 18.5 Å². The molecule has 3 heteroatoms. The molecular weight excluding hydrogens is 280 g/mol. The van der Waals surface area contributed by atoms with Crippen LogP contribution in [0.5, 0.6) is 11.5 Å². The van der Waals surface area contributed by atoms with Gasteiger partial charge in [-0.2, -0.15) is 0 Å². The van der Waals surface area contributed by atoms with Crippen molar-refractivity contribution >= 4 is 15.9 Å². The molecule has 1 aliphatic heterocycles. The Morgan fingerprint density at radius 1 is 1.24 bits per heavy atom. The largest absolute Gasteiger partial charge is 0.496 e. The maximum Gasteiger partial charge on any atom is 0.126 e. The summed E-state index contributed by atoms with van der Waals surface area (Å²) in [6, 6.07) is 0. The van der Waals surface area contributed by atoms with E-state index in [4.69, 9.17) is 9.47 Å². The third-order valence-electron chi connectivity index (χ3n) is 3.66. The summed E-state index contributed by atoms with van der Waals surface area (Å²) >= 11 is 3.48. The molecule has 0 spiro atoms. The first-order valence-corrected chi connectivity index (χ1v) is 7.11. The van der Waals surface area contributed by atoms with Gasteiger partial charge in [-0.25, -0.2) is 0 Å². The fourth-order valence-electron chi connectivity index (χ4n) is 2.59. The second kappa shape index (κ2) is 4.89. The van der Waals surface area contributed by atoms with Crippen molar-refractivity contribution in [3.63, 3.8) is 0 Å². The molecule has 1 aliphatic rings. The molecule has 0 fully saturated rings. The summed E-state index contributed by atoms with van der Waals surface area (Å²) in [5.41, 5.74) is 4.99. The predicted octanol–water partition coefficient (Wildman–Crippen LogP) is 3.71. The van der Waals surface area contributed by atoms with Gasteiger partial charge < -0.3 is 9.47 Å². The lowest BCUT2D eigenvalue weighted by Gasteiger charge is -2.15. The van der Waals surface area contributed by atoms with E-state index >= 15 is 0 Å². The van der Waals surface area contributed by atoms with Crippen molar-refractivity contribution in [1.29, 1.82) is 0 Å². The van der Waals surface area contributed by atoms with Gasteiger partial charge in [0.15, 0.2) is 0 Å². The minimum atomic E-state index is 0.313. The van der Waals surface area contributed by atoms with Gasteiger partial charge in [0.2, 0.25) is 0 Å². The first-order valence-electron chi connectivity index (χ1n) is 5.99. The highest BCUT2D eigenvalue weighted by atomic mass is 79.9. The molecule has 2 rings (SSSR count). The number of ether oxygens (including phenoxy) is 2. The zero-order chi connectivity index (χ0) is 12.6. The predicted molar refractivity (Wildman–Crippen MR) is 73.7 cm³/mol. The van der Waals surface area contributed by atoms with E-state index in [0.29, 0.717) is 6.10 Å². The maximum atomic E-state index is 6.05. The molecule has 0 aromatic heterocycles. The van der Waals surface area contributed by atoms with Crippen molar-refractivity contribution in [3.05, 3.63) is 22.3 Å². The van der Waals surface area contributed by atoms with Crippen LogP contribution in [0.2, 0.25) is 0 Å². The Morgan fingerprint density at radius 2 is 1.94 bits per heavy atom. The third-order valence-corrected chi connectivity index (χ3v) is 4.12. The van der Waals surface area contributed by atoms with Crippen LogP contribution in [0.25, 0.3) is 0 Å². The summed E-state index contributed by atoms with van der Waals surface area (Å²) in [5, 5.41) is 0.986. The standard InChI is InChI=1S/C14H19BrO2/c1-8-9(2)14-12(10(3)13(8)16-4)7-11(17-14)5-6-15/h11H,5-7H2,1-4H3. The van der Waals surface area contributed by atoms with Gasteiger partial charge in [-0.3, -0.25) is 0 Å². The van der Waals surface area contributed by atoms with Crippen molar-refractivity contribution in [1.82, 2.24) is 0 Å². The smallest absolute Gasteiger partial charge is 0.126 e. The highest BCUT2D eigenvalue weighted by molar-refractivity contribution is 9.09. The van der Waals surface area contributed by atoms with E-state index in [0.717, 1.165) is 29.7 Å². The Labute approximate surface area is 111 Å². The summed E-state index contributed by atoms with van der Waals surface area (Å²) in [5.74, 6) is 2.11. The number of fused-ring (bicyclic) bond motifs is 1. The Bertz CT molecular complexity index is 441. The summed E-state index contributed by atoms with van der Waals surface area (Å²) < 4.78 is 11.6. The van der Waals surface area contributed by atoms with E-state index in [2.05, 4.69) is 36.7 Å². The van der Waals surface area contributed by atoms with E-state index in [-0.39, 0.29) is 0 Å². The number of rotatable bonds is 3. The van der Waals surface area contributed by atoms with Gasteiger partial charge in [0, 0.05) is 17.3 Å². The molecule has 1 aromatic rings. The minimum absolute atomic E-state index is 0.313. The topological polar surface area (TPSA) is 18.5 Å². The number of hydrogen-bond donors (Lipinski definition) is 0. The molecule has 0 saturated heterocycles. The molecule has 0 aliphatic carbocycles. The SMILES string of the molecule is COc1c(C)c(C)c2c(c1C)CC(CCBr)O2. The van der Waals surface area contributed by atoms with Crippen molar-refractivity contribution in [2.45, 2.75) is 39.7 Å². The Hall–Kier alpha value is -0.700. The molecule has 2 nitrogen and oxygen atoms in total. The average Bonchev–Trinajstić information content (AvgIpc) is 2.72. The number of halogens is 1. The number of hydrogen-bond acceptors (Lipinski definition) is 2. The summed E-state index contributed by atoms with van der Waals surface area (Å²) in [6.45, 7) is 6.35. The van der Waals surface area contributed by atoms with Gasteiger partial charge >= 0.3 is 0 Å². The lowest BCUT2D eigenvalue weighted by atomic mass is 9.96. The fourth-order valence-corrected chi connectivity index (χ4v) is 3.10. The maximum absolute atomic E-state index is 6.05. The lowest BCUT2D eigenvalue weighted by molar-refractivity contribution is 0.228. The Kier molecular flexibility index (Phi) is 3.67. The molecule has 1 aromatic carbocycles. The van der Waals surface area contributed by atoms with E-state index in [9.17, 15) is 0 Å². The van der Waals surface area contributed by atoms with Crippen LogP contribution in [0.4, 0.5) is 0 Å². The van der Waals surface area contributed by atoms with Crippen LogP contribution >= 0.6 is 15.9 Å². The second-order valence-electron chi connectivity index (χ2n) is 4.64. The van der Waals surface area contributed by atoms with Crippen LogP contribution in [-0.2, 0) is 6.42 Å². The molecule has 0 bridgehead atoms. The zero-order valence-electron chi connectivity index (χ0n) is 10.9. The van der Waals surface area contributed by atoms with Gasteiger partial charge in [-0.1, -0.05) is 15.9 Å². The van der Waals surface area contributed by atoms with E-state index in [1.165, 1.54) is 22.3 Å². The third kappa shape index (κ3) is 2.05. The molecule has 1 heterocycles. The summed E-state index contributed by atoms with van der Waals surface area (Å²) in [7, 11) is 1.74.